The summed E-state index contributed by atoms with van der Waals surface area (Å²) in [7, 11) is 0. The van der Waals surface area contributed by atoms with Crippen molar-refractivity contribution in [2.24, 2.45) is 0 Å². The van der Waals surface area contributed by atoms with Gasteiger partial charge in [-0.3, -0.25) is 4.79 Å². The summed E-state index contributed by atoms with van der Waals surface area (Å²) in [6.45, 7) is 5.43. The average molecular weight is 270 g/mol. The van der Waals surface area contributed by atoms with Crippen LogP contribution < -0.4 is 5.32 Å². The van der Waals surface area contributed by atoms with Gasteiger partial charge in [0, 0.05) is 10.6 Å². The maximum Gasteiger partial charge on any atom is 0.328 e. The number of hydrogen-bond acceptors (Lipinski definition) is 3. The second-order valence-corrected chi connectivity index (χ2v) is 4.32. The van der Waals surface area contributed by atoms with Crippen LogP contribution in [0.25, 0.3) is 0 Å². The SMILES string of the molecule is CCOC(=O)C(C)NC(=O)c1ccc(C)c(Cl)c1. The van der Waals surface area contributed by atoms with Crippen LogP contribution in [0.5, 0.6) is 0 Å². The highest BCUT2D eigenvalue weighted by molar-refractivity contribution is 6.31. The molecule has 0 aromatic heterocycles. The van der Waals surface area contributed by atoms with Gasteiger partial charge < -0.3 is 10.1 Å². The van der Waals surface area contributed by atoms with Crippen molar-refractivity contribution in [2.45, 2.75) is 26.8 Å². The summed E-state index contributed by atoms with van der Waals surface area (Å²) in [5, 5.41) is 3.08. The van der Waals surface area contributed by atoms with Crippen LogP contribution in [-0.4, -0.2) is 24.5 Å². The standard InChI is InChI=1S/C13H16ClNO3/c1-4-18-13(17)9(3)15-12(16)10-6-5-8(2)11(14)7-10/h5-7,9H,4H2,1-3H3,(H,15,16). The average Bonchev–Trinajstić information content (AvgIpc) is 2.32. The van der Waals surface area contributed by atoms with E-state index in [9.17, 15) is 9.59 Å². The van der Waals surface area contributed by atoms with Crippen LogP contribution in [0, 0.1) is 6.92 Å². The molecule has 1 aromatic carbocycles. The number of ether oxygens (including phenoxy) is 1. The van der Waals surface area contributed by atoms with Gasteiger partial charge in [0.1, 0.15) is 6.04 Å². The van der Waals surface area contributed by atoms with E-state index in [0.717, 1.165) is 5.56 Å². The van der Waals surface area contributed by atoms with Gasteiger partial charge in [0.05, 0.1) is 6.61 Å². The fraction of sp³-hybridized carbons (Fsp3) is 0.385. The summed E-state index contributed by atoms with van der Waals surface area (Å²) in [5.41, 5.74) is 1.31. The molecule has 1 N–H and O–H groups in total. The molecular formula is C13H16ClNO3. The molecule has 1 rings (SSSR count). The Morgan fingerprint density at radius 3 is 2.67 bits per heavy atom. The van der Waals surface area contributed by atoms with Gasteiger partial charge in [-0.1, -0.05) is 17.7 Å². The van der Waals surface area contributed by atoms with Crippen molar-refractivity contribution >= 4 is 23.5 Å². The van der Waals surface area contributed by atoms with Crippen molar-refractivity contribution in [1.82, 2.24) is 5.32 Å². The Kier molecular flexibility index (Phi) is 5.16. The molecule has 0 saturated heterocycles. The van der Waals surface area contributed by atoms with Crippen LogP contribution in [0.1, 0.15) is 29.8 Å². The predicted octanol–water partition coefficient (Wildman–Crippen LogP) is 2.33. The first-order chi connectivity index (χ1) is 8.45. The minimum atomic E-state index is -0.683. The van der Waals surface area contributed by atoms with Crippen molar-refractivity contribution in [3.8, 4) is 0 Å². The van der Waals surface area contributed by atoms with Crippen LogP contribution in [0.2, 0.25) is 5.02 Å². The summed E-state index contributed by atoms with van der Waals surface area (Å²) in [5.74, 6) is -0.804. The fourth-order valence-electron chi connectivity index (χ4n) is 1.34. The van der Waals surface area contributed by atoms with E-state index in [-0.39, 0.29) is 12.5 Å². The van der Waals surface area contributed by atoms with Crippen LogP contribution in [0.4, 0.5) is 0 Å². The number of rotatable bonds is 4. The van der Waals surface area contributed by atoms with Gasteiger partial charge in [0.25, 0.3) is 5.91 Å². The van der Waals surface area contributed by atoms with E-state index in [1.54, 1.807) is 32.0 Å². The predicted molar refractivity (Wildman–Crippen MR) is 69.8 cm³/mol. The van der Waals surface area contributed by atoms with Crippen LogP contribution in [0.15, 0.2) is 18.2 Å². The van der Waals surface area contributed by atoms with E-state index >= 15 is 0 Å². The highest BCUT2D eigenvalue weighted by Crippen LogP contribution is 2.16. The Labute approximate surface area is 111 Å². The summed E-state index contributed by atoms with van der Waals surface area (Å²) < 4.78 is 4.80. The van der Waals surface area contributed by atoms with Crippen LogP contribution >= 0.6 is 11.6 Å². The van der Waals surface area contributed by atoms with E-state index < -0.39 is 12.0 Å². The van der Waals surface area contributed by atoms with Crippen molar-refractivity contribution in [3.63, 3.8) is 0 Å². The number of amides is 1. The minimum Gasteiger partial charge on any atom is -0.464 e. The van der Waals surface area contributed by atoms with E-state index in [1.165, 1.54) is 0 Å². The Bertz CT molecular complexity index is 460. The van der Waals surface area contributed by atoms with Gasteiger partial charge in [0.2, 0.25) is 0 Å². The minimum absolute atomic E-state index is 0.287. The third-order valence-electron chi connectivity index (χ3n) is 2.42. The summed E-state index contributed by atoms with van der Waals surface area (Å²) in [4.78, 5) is 23.2. The molecule has 1 unspecified atom stereocenters. The molecule has 0 aliphatic heterocycles. The van der Waals surface area contributed by atoms with Gasteiger partial charge in [0.15, 0.2) is 0 Å². The molecule has 0 radical (unpaired) electrons. The normalized spacial score (nSPS) is 11.8. The van der Waals surface area contributed by atoms with E-state index in [4.69, 9.17) is 16.3 Å². The van der Waals surface area contributed by atoms with Gasteiger partial charge in [-0.2, -0.15) is 0 Å². The van der Waals surface area contributed by atoms with Crippen molar-refractivity contribution in [1.29, 1.82) is 0 Å². The Morgan fingerprint density at radius 1 is 1.44 bits per heavy atom. The largest absolute Gasteiger partial charge is 0.464 e. The smallest absolute Gasteiger partial charge is 0.328 e. The highest BCUT2D eigenvalue weighted by atomic mass is 35.5. The van der Waals surface area contributed by atoms with Crippen molar-refractivity contribution in [2.75, 3.05) is 6.61 Å². The zero-order valence-electron chi connectivity index (χ0n) is 10.6. The zero-order chi connectivity index (χ0) is 13.7. The number of carbonyl (C=O) groups is 2. The Morgan fingerprint density at radius 2 is 2.11 bits per heavy atom. The highest BCUT2D eigenvalue weighted by Gasteiger charge is 2.17. The molecule has 1 aromatic rings. The van der Waals surface area contributed by atoms with Gasteiger partial charge in [-0.25, -0.2) is 4.79 Å². The van der Waals surface area contributed by atoms with E-state index in [2.05, 4.69) is 5.32 Å². The third-order valence-corrected chi connectivity index (χ3v) is 2.83. The van der Waals surface area contributed by atoms with E-state index in [0.29, 0.717) is 10.6 Å². The fourth-order valence-corrected chi connectivity index (χ4v) is 1.52. The molecule has 0 aliphatic carbocycles. The zero-order valence-corrected chi connectivity index (χ0v) is 11.4. The lowest BCUT2D eigenvalue weighted by atomic mass is 10.1. The van der Waals surface area contributed by atoms with Crippen molar-refractivity contribution < 1.29 is 14.3 Å². The van der Waals surface area contributed by atoms with Crippen LogP contribution in [0.3, 0.4) is 0 Å². The molecule has 5 heteroatoms. The molecule has 1 atom stereocenters. The lowest BCUT2D eigenvalue weighted by Crippen LogP contribution is -2.39. The lowest BCUT2D eigenvalue weighted by Gasteiger charge is -2.12. The molecule has 0 saturated carbocycles. The third kappa shape index (κ3) is 3.74. The number of aryl methyl sites for hydroxylation is 1. The first-order valence-corrected chi connectivity index (χ1v) is 6.07. The lowest BCUT2D eigenvalue weighted by molar-refractivity contribution is -0.144. The number of esters is 1. The molecule has 0 heterocycles. The monoisotopic (exact) mass is 269 g/mol. The van der Waals surface area contributed by atoms with E-state index in [1.807, 2.05) is 6.92 Å². The summed E-state index contributed by atoms with van der Waals surface area (Å²) >= 11 is 5.94. The molecule has 1 amide bonds. The molecule has 0 fully saturated rings. The number of benzene rings is 1. The maximum absolute atomic E-state index is 11.8. The first kappa shape index (κ1) is 14.5. The second kappa shape index (κ2) is 6.40. The van der Waals surface area contributed by atoms with Gasteiger partial charge in [-0.15, -0.1) is 0 Å². The first-order valence-electron chi connectivity index (χ1n) is 5.69. The molecule has 18 heavy (non-hydrogen) atoms. The Hall–Kier alpha value is -1.55. The molecule has 98 valence electrons. The molecular weight excluding hydrogens is 254 g/mol. The number of nitrogens with one attached hydrogen (secondary N) is 1. The Balaban J connectivity index is 2.70. The van der Waals surface area contributed by atoms with Crippen molar-refractivity contribution in [3.05, 3.63) is 34.3 Å². The summed E-state index contributed by atoms with van der Waals surface area (Å²) in [6.07, 6.45) is 0. The topological polar surface area (TPSA) is 55.4 Å². The molecule has 0 aliphatic rings. The molecule has 0 bridgehead atoms. The molecule has 4 nitrogen and oxygen atoms in total. The van der Waals surface area contributed by atoms with Gasteiger partial charge in [-0.05, 0) is 38.5 Å². The second-order valence-electron chi connectivity index (χ2n) is 3.91. The molecule has 0 spiro atoms. The number of hydrogen-bond donors (Lipinski definition) is 1. The maximum atomic E-state index is 11.8. The number of halogens is 1. The quantitative estimate of drug-likeness (QED) is 0.854. The summed E-state index contributed by atoms with van der Waals surface area (Å²) in [6, 6.07) is 4.31. The number of carbonyl (C=O) groups excluding carboxylic acids is 2. The van der Waals surface area contributed by atoms with Crippen LogP contribution in [-0.2, 0) is 9.53 Å². The van der Waals surface area contributed by atoms with Gasteiger partial charge >= 0.3 is 5.97 Å².